The lowest BCUT2D eigenvalue weighted by molar-refractivity contribution is -0.137. The summed E-state index contributed by atoms with van der Waals surface area (Å²) in [6, 6.07) is 16.1. The Morgan fingerprint density at radius 1 is 1.00 bits per heavy atom. The number of nitrogens with one attached hydrogen (secondary N) is 1. The molecule has 0 bridgehead atoms. The van der Waals surface area contributed by atoms with Crippen molar-refractivity contribution in [2.75, 3.05) is 6.54 Å². The molecule has 9 heteroatoms. The second kappa shape index (κ2) is 9.56. The largest absolute Gasteiger partial charge is 0.478 e. The van der Waals surface area contributed by atoms with E-state index >= 15 is 0 Å². The Hall–Kier alpha value is -3.85. The number of halogens is 3. The first-order valence-corrected chi connectivity index (χ1v) is 11.1. The topological polar surface area (TPSA) is 75.6 Å². The van der Waals surface area contributed by atoms with Crippen molar-refractivity contribution in [2.45, 2.75) is 12.6 Å². The zero-order valence-corrected chi connectivity index (χ0v) is 18.4. The molecule has 174 valence electrons. The van der Waals surface area contributed by atoms with E-state index in [4.69, 9.17) is 9.84 Å². The normalized spacial score (nSPS) is 11.4. The molecule has 4 aromatic rings. The number of rotatable bonds is 7. The number of hydrogen-bond acceptors (Lipinski definition) is 4. The van der Waals surface area contributed by atoms with Crippen LogP contribution in [0, 0.1) is 0 Å². The van der Waals surface area contributed by atoms with Gasteiger partial charge >= 0.3 is 12.1 Å². The van der Waals surface area contributed by atoms with E-state index in [2.05, 4.69) is 5.32 Å². The fourth-order valence-corrected chi connectivity index (χ4v) is 4.36. The number of amides is 1. The van der Waals surface area contributed by atoms with Crippen LogP contribution in [0.15, 0.2) is 72.1 Å². The van der Waals surface area contributed by atoms with Gasteiger partial charge in [0.15, 0.2) is 0 Å². The van der Waals surface area contributed by atoms with Crippen LogP contribution in [-0.4, -0.2) is 23.5 Å². The minimum Gasteiger partial charge on any atom is -0.478 e. The van der Waals surface area contributed by atoms with Crippen LogP contribution in [0.5, 0.6) is 11.5 Å². The molecule has 0 saturated heterocycles. The van der Waals surface area contributed by atoms with Gasteiger partial charge in [-0.25, -0.2) is 4.79 Å². The maximum atomic E-state index is 13.0. The van der Waals surface area contributed by atoms with Gasteiger partial charge in [0.25, 0.3) is 5.91 Å². The lowest BCUT2D eigenvalue weighted by Crippen LogP contribution is -2.25. The third kappa shape index (κ3) is 5.20. The molecule has 0 aliphatic heterocycles. The molecular weight excluding hydrogens is 467 g/mol. The van der Waals surface area contributed by atoms with Crippen LogP contribution < -0.4 is 10.1 Å². The van der Waals surface area contributed by atoms with Crippen LogP contribution in [-0.2, 0) is 12.6 Å². The molecule has 1 heterocycles. The molecule has 0 aliphatic carbocycles. The number of carboxylic acid groups (broad SMARTS) is 1. The first kappa shape index (κ1) is 23.3. The zero-order chi connectivity index (χ0) is 24.3. The van der Waals surface area contributed by atoms with Gasteiger partial charge in [0.2, 0.25) is 0 Å². The third-order valence-corrected chi connectivity index (χ3v) is 6.04. The standard InChI is InChI=1S/C25H18F3NO4S/c26-25(27,28)17-3-1-4-18(13-17)33-20-5-2-6-21-22(20)19(14-34-21)23(30)29-12-11-15-7-9-16(10-8-15)24(31)32/h1-10,13-14H,11-12H2,(H,29,30)(H,31,32). The summed E-state index contributed by atoms with van der Waals surface area (Å²) >= 11 is 1.33. The van der Waals surface area contributed by atoms with E-state index in [0.717, 1.165) is 22.4 Å². The smallest absolute Gasteiger partial charge is 0.416 e. The van der Waals surface area contributed by atoms with Crippen molar-refractivity contribution in [3.8, 4) is 11.5 Å². The molecule has 4 rings (SSSR count). The highest BCUT2D eigenvalue weighted by Gasteiger charge is 2.30. The molecule has 0 aliphatic rings. The molecule has 0 saturated carbocycles. The van der Waals surface area contributed by atoms with E-state index in [1.165, 1.54) is 35.6 Å². The van der Waals surface area contributed by atoms with Crippen molar-refractivity contribution >= 4 is 33.3 Å². The van der Waals surface area contributed by atoms with Crippen molar-refractivity contribution in [1.29, 1.82) is 0 Å². The molecule has 1 amide bonds. The van der Waals surface area contributed by atoms with E-state index in [1.54, 1.807) is 35.7 Å². The Labute approximate surface area is 196 Å². The number of hydrogen-bond donors (Lipinski definition) is 2. The molecule has 3 aromatic carbocycles. The van der Waals surface area contributed by atoms with E-state index in [0.29, 0.717) is 23.9 Å². The van der Waals surface area contributed by atoms with Gasteiger partial charge < -0.3 is 15.2 Å². The summed E-state index contributed by atoms with van der Waals surface area (Å²) in [5, 5.41) is 14.0. The summed E-state index contributed by atoms with van der Waals surface area (Å²) < 4.78 is 45.7. The average molecular weight is 485 g/mol. The van der Waals surface area contributed by atoms with E-state index in [-0.39, 0.29) is 23.0 Å². The van der Waals surface area contributed by atoms with Crippen LogP contribution in [0.1, 0.15) is 31.8 Å². The summed E-state index contributed by atoms with van der Waals surface area (Å²) in [6.45, 7) is 0.319. The van der Waals surface area contributed by atoms with E-state index < -0.39 is 17.7 Å². The zero-order valence-electron chi connectivity index (χ0n) is 17.6. The molecule has 0 spiro atoms. The number of carboxylic acids is 1. The van der Waals surface area contributed by atoms with E-state index in [9.17, 15) is 22.8 Å². The van der Waals surface area contributed by atoms with Crippen LogP contribution in [0.3, 0.4) is 0 Å². The second-order valence-corrected chi connectivity index (χ2v) is 8.33. The van der Waals surface area contributed by atoms with Gasteiger partial charge in [-0.1, -0.05) is 24.3 Å². The molecule has 0 fully saturated rings. The Kier molecular flexibility index (Phi) is 6.56. The predicted octanol–water partition coefficient (Wildman–Crippen LogP) is 6.38. The maximum absolute atomic E-state index is 13.0. The van der Waals surface area contributed by atoms with Crippen LogP contribution in [0.4, 0.5) is 13.2 Å². The Morgan fingerprint density at radius 2 is 1.74 bits per heavy atom. The number of ether oxygens (including phenoxy) is 1. The number of alkyl halides is 3. The molecular formula is C25H18F3NO4S. The summed E-state index contributed by atoms with van der Waals surface area (Å²) in [6.07, 6.45) is -3.99. The molecule has 0 unspecified atom stereocenters. The predicted molar refractivity (Wildman–Crippen MR) is 123 cm³/mol. The molecule has 1 aromatic heterocycles. The number of fused-ring (bicyclic) bond motifs is 1. The maximum Gasteiger partial charge on any atom is 0.416 e. The van der Waals surface area contributed by atoms with Crippen LogP contribution >= 0.6 is 11.3 Å². The summed E-state index contributed by atoms with van der Waals surface area (Å²) in [4.78, 5) is 23.8. The average Bonchev–Trinajstić information content (AvgIpc) is 3.24. The quantitative estimate of drug-likeness (QED) is 0.318. The highest BCUT2D eigenvalue weighted by atomic mass is 32.1. The molecule has 0 atom stereocenters. The minimum atomic E-state index is -4.49. The first-order chi connectivity index (χ1) is 16.2. The minimum absolute atomic E-state index is 0.0182. The van der Waals surface area contributed by atoms with Crippen molar-refractivity contribution in [3.63, 3.8) is 0 Å². The number of aromatic carboxylic acids is 1. The van der Waals surface area contributed by atoms with Gasteiger partial charge in [0, 0.05) is 22.0 Å². The molecule has 0 radical (unpaired) electrons. The highest BCUT2D eigenvalue weighted by molar-refractivity contribution is 7.17. The fraction of sp³-hybridized carbons (Fsp3) is 0.120. The Bertz CT molecular complexity index is 1350. The van der Waals surface area contributed by atoms with Crippen molar-refractivity contribution in [1.82, 2.24) is 5.32 Å². The first-order valence-electron chi connectivity index (χ1n) is 10.2. The van der Waals surface area contributed by atoms with Crippen molar-refractivity contribution in [2.24, 2.45) is 0 Å². The van der Waals surface area contributed by atoms with Crippen molar-refractivity contribution in [3.05, 3.63) is 94.4 Å². The summed E-state index contributed by atoms with van der Waals surface area (Å²) in [5.41, 5.74) is 0.598. The lowest BCUT2D eigenvalue weighted by Gasteiger charge is -2.12. The molecule has 34 heavy (non-hydrogen) atoms. The van der Waals surface area contributed by atoms with Gasteiger partial charge in [-0.3, -0.25) is 4.79 Å². The van der Waals surface area contributed by atoms with Gasteiger partial charge in [-0.2, -0.15) is 13.2 Å². The summed E-state index contributed by atoms with van der Waals surface area (Å²) in [7, 11) is 0. The Balaban J connectivity index is 1.50. The molecule has 2 N–H and O–H groups in total. The van der Waals surface area contributed by atoms with Gasteiger partial charge in [0.05, 0.1) is 16.7 Å². The number of carbonyl (C=O) groups excluding carboxylic acids is 1. The Morgan fingerprint density at radius 3 is 2.44 bits per heavy atom. The molecule has 5 nitrogen and oxygen atoms in total. The van der Waals surface area contributed by atoms with Gasteiger partial charge in [-0.15, -0.1) is 11.3 Å². The number of thiophene rings is 1. The van der Waals surface area contributed by atoms with E-state index in [1.807, 2.05) is 0 Å². The lowest BCUT2D eigenvalue weighted by atomic mass is 10.1. The summed E-state index contributed by atoms with van der Waals surface area (Å²) in [5.74, 6) is -1.04. The monoisotopic (exact) mass is 485 g/mol. The second-order valence-electron chi connectivity index (χ2n) is 7.41. The van der Waals surface area contributed by atoms with Gasteiger partial charge in [0.1, 0.15) is 11.5 Å². The highest BCUT2D eigenvalue weighted by Crippen LogP contribution is 2.38. The number of carbonyl (C=O) groups is 2. The third-order valence-electron chi connectivity index (χ3n) is 5.09. The van der Waals surface area contributed by atoms with Gasteiger partial charge in [-0.05, 0) is 54.4 Å². The fourth-order valence-electron chi connectivity index (χ4n) is 3.40. The van der Waals surface area contributed by atoms with Crippen molar-refractivity contribution < 1.29 is 32.6 Å². The van der Waals surface area contributed by atoms with Crippen LogP contribution in [0.25, 0.3) is 10.1 Å². The number of benzene rings is 3. The SMILES string of the molecule is O=C(O)c1ccc(CCNC(=O)c2csc3cccc(Oc4cccc(C(F)(F)F)c4)c23)cc1. The van der Waals surface area contributed by atoms with Crippen LogP contribution in [0.2, 0.25) is 0 Å².